The van der Waals surface area contributed by atoms with Crippen LogP contribution in [-0.4, -0.2) is 45.4 Å². The quantitative estimate of drug-likeness (QED) is 0.228. The van der Waals surface area contributed by atoms with E-state index in [1.807, 2.05) is 0 Å². The summed E-state index contributed by atoms with van der Waals surface area (Å²) in [5.41, 5.74) is 0.735. The Morgan fingerprint density at radius 3 is 2.52 bits per heavy atom. The van der Waals surface area contributed by atoms with E-state index in [1.165, 1.54) is 36.5 Å². The Bertz CT molecular complexity index is 1220. The maximum atomic E-state index is 12.6. The van der Waals surface area contributed by atoms with E-state index in [0.29, 0.717) is 16.5 Å². The van der Waals surface area contributed by atoms with Crippen LogP contribution in [0.15, 0.2) is 67.4 Å². The monoisotopic (exact) mass is 453 g/mol. The highest BCUT2D eigenvalue weighted by molar-refractivity contribution is 5.92. The van der Waals surface area contributed by atoms with Gasteiger partial charge < -0.3 is 19.9 Å². The number of nitro benzene ring substituents is 1. The molecule has 0 unspecified atom stereocenters. The van der Waals surface area contributed by atoms with Gasteiger partial charge in [-0.25, -0.2) is 14.4 Å². The molecule has 3 aromatic rings. The van der Waals surface area contributed by atoms with Crippen molar-refractivity contribution in [1.82, 2.24) is 9.88 Å². The van der Waals surface area contributed by atoms with Crippen molar-refractivity contribution in [1.29, 1.82) is 0 Å². The molecule has 170 valence electrons. The first-order chi connectivity index (χ1) is 15.8. The standard InChI is InChI=1S/C22H19N3O8/c1-2-11-32-20(26)18(23-21(27)33-16-9-7-15(8-10-16)25(30)31)12-14-13-24(22(28)29)19-6-4-3-5-17(14)19/h2-10,13,18H,1,11-12H2,(H,23,27)(H,28,29)/t18-/m0/s1. The second kappa shape index (κ2) is 10.1. The summed E-state index contributed by atoms with van der Waals surface area (Å²) in [7, 11) is 0. The Kier molecular flexibility index (Phi) is 7.03. The van der Waals surface area contributed by atoms with E-state index in [4.69, 9.17) is 9.47 Å². The smallest absolute Gasteiger partial charge is 0.416 e. The number of aromatic nitrogens is 1. The number of carbonyl (C=O) groups excluding carboxylic acids is 2. The lowest BCUT2D eigenvalue weighted by atomic mass is 10.1. The number of nitrogens with zero attached hydrogens (tertiary/aromatic N) is 2. The fourth-order valence-corrected chi connectivity index (χ4v) is 3.14. The molecule has 0 saturated heterocycles. The van der Waals surface area contributed by atoms with Crippen molar-refractivity contribution in [3.8, 4) is 5.75 Å². The number of ether oxygens (including phenoxy) is 2. The molecule has 33 heavy (non-hydrogen) atoms. The lowest BCUT2D eigenvalue weighted by molar-refractivity contribution is -0.384. The third-order valence-corrected chi connectivity index (χ3v) is 4.60. The van der Waals surface area contributed by atoms with Crippen LogP contribution in [0, 0.1) is 10.1 Å². The van der Waals surface area contributed by atoms with Crippen LogP contribution in [0.25, 0.3) is 10.9 Å². The van der Waals surface area contributed by atoms with Gasteiger partial charge in [-0.3, -0.25) is 14.7 Å². The predicted molar refractivity (Wildman–Crippen MR) is 116 cm³/mol. The summed E-state index contributed by atoms with van der Waals surface area (Å²) in [5, 5.41) is 23.2. The van der Waals surface area contributed by atoms with E-state index >= 15 is 0 Å². The lowest BCUT2D eigenvalue weighted by Gasteiger charge is -2.17. The number of non-ortho nitro benzene ring substituents is 1. The first kappa shape index (κ1) is 23.0. The Morgan fingerprint density at radius 1 is 1.18 bits per heavy atom. The molecule has 0 spiro atoms. The average Bonchev–Trinajstić information content (AvgIpc) is 3.16. The van der Waals surface area contributed by atoms with Gasteiger partial charge in [0.05, 0.1) is 10.4 Å². The van der Waals surface area contributed by atoms with Gasteiger partial charge in [-0.15, -0.1) is 0 Å². The molecule has 2 N–H and O–H groups in total. The van der Waals surface area contributed by atoms with E-state index in [9.17, 15) is 29.6 Å². The van der Waals surface area contributed by atoms with Gasteiger partial charge in [0.2, 0.25) is 0 Å². The van der Waals surface area contributed by atoms with Crippen molar-refractivity contribution in [3.63, 3.8) is 0 Å². The molecule has 1 heterocycles. The highest BCUT2D eigenvalue weighted by atomic mass is 16.6. The van der Waals surface area contributed by atoms with Gasteiger partial charge in [0.1, 0.15) is 18.4 Å². The minimum absolute atomic E-state index is 0.0267. The number of esters is 1. The second-order valence-corrected chi connectivity index (χ2v) is 6.78. The number of benzene rings is 2. The fraction of sp³-hybridized carbons (Fsp3) is 0.136. The molecule has 1 aromatic heterocycles. The molecule has 0 bridgehead atoms. The molecule has 11 nitrogen and oxygen atoms in total. The van der Waals surface area contributed by atoms with Crippen LogP contribution in [-0.2, 0) is 16.0 Å². The first-order valence-corrected chi connectivity index (χ1v) is 9.62. The molecular formula is C22H19N3O8. The van der Waals surface area contributed by atoms with Crippen LogP contribution < -0.4 is 10.1 Å². The molecule has 1 amide bonds. The molecule has 0 fully saturated rings. The Morgan fingerprint density at radius 2 is 1.88 bits per heavy atom. The van der Waals surface area contributed by atoms with Crippen molar-refractivity contribution in [2.45, 2.75) is 12.5 Å². The maximum Gasteiger partial charge on any atom is 0.416 e. The highest BCUT2D eigenvalue weighted by Crippen LogP contribution is 2.23. The van der Waals surface area contributed by atoms with Gasteiger partial charge in [-0.1, -0.05) is 30.9 Å². The van der Waals surface area contributed by atoms with Gasteiger partial charge >= 0.3 is 18.2 Å². The third-order valence-electron chi connectivity index (χ3n) is 4.60. The number of rotatable bonds is 8. The van der Waals surface area contributed by atoms with Crippen molar-refractivity contribution < 1.29 is 33.9 Å². The van der Waals surface area contributed by atoms with E-state index in [2.05, 4.69) is 11.9 Å². The van der Waals surface area contributed by atoms with Crippen LogP contribution in [0.3, 0.4) is 0 Å². The van der Waals surface area contributed by atoms with Crippen LogP contribution in [0.4, 0.5) is 15.3 Å². The SMILES string of the molecule is C=CCOC(=O)[C@H](Cc1cn(C(=O)O)c2ccccc12)NC(=O)Oc1ccc([N+](=O)[O-])cc1. The number of carbonyl (C=O) groups is 3. The summed E-state index contributed by atoms with van der Waals surface area (Å²) < 4.78 is 11.2. The molecule has 2 aromatic carbocycles. The predicted octanol–water partition coefficient (Wildman–Crippen LogP) is 3.50. The van der Waals surface area contributed by atoms with Crippen molar-refractivity contribution in [2.75, 3.05) is 6.61 Å². The first-order valence-electron chi connectivity index (χ1n) is 9.62. The van der Waals surface area contributed by atoms with Gasteiger partial charge in [-0.2, -0.15) is 0 Å². The number of fused-ring (bicyclic) bond motifs is 1. The zero-order valence-corrected chi connectivity index (χ0v) is 17.2. The van der Waals surface area contributed by atoms with Gasteiger partial charge in [0.15, 0.2) is 0 Å². The number of hydrogen-bond acceptors (Lipinski definition) is 7. The average molecular weight is 453 g/mol. The summed E-state index contributed by atoms with van der Waals surface area (Å²) in [6.07, 6.45) is 0.455. The molecule has 1 atom stereocenters. The number of nitro groups is 1. The molecule has 0 radical (unpaired) electrons. The summed E-state index contributed by atoms with van der Waals surface area (Å²) in [4.78, 5) is 46.7. The van der Waals surface area contributed by atoms with E-state index < -0.39 is 29.1 Å². The molecule has 11 heteroatoms. The van der Waals surface area contributed by atoms with Gasteiger partial charge in [-0.05, 0) is 23.8 Å². The minimum Gasteiger partial charge on any atom is -0.464 e. The number of amides is 1. The zero-order chi connectivity index (χ0) is 24.0. The summed E-state index contributed by atoms with van der Waals surface area (Å²) in [6.45, 7) is 3.38. The fourth-order valence-electron chi connectivity index (χ4n) is 3.14. The van der Waals surface area contributed by atoms with Gasteiger partial charge in [0, 0.05) is 30.1 Å². The maximum absolute atomic E-state index is 12.6. The van der Waals surface area contributed by atoms with Crippen LogP contribution >= 0.6 is 0 Å². The van der Waals surface area contributed by atoms with E-state index in [-0.39, 0.29) is 24.5 Å². The number of carboxylic acid groups (broad SMARTS) is 1. The van der Waals surface area contributed by atoms with Crippen LogP contribution in [0.2, 0.25) is 0 Å². The van der Waals surface area contributed by atoms with Crippen molar-refractivity contribution in [2.24, 2.45) is 0 Å². The molecule has 0 aliphatic carbocycles. The summed E-state index contributed by atoms with van der Waals surface area (Å²) in [5.74, 6) is -0.749. The van der Waals surface area contributed by atoms with Gasteiger partial charge in [0.25, 0.3) is 5.69 Å². The highest BCUT2D eigenvalue weighted by Gasteiger charge is 2.26. The molecular weight excluding hydrogens is 434 g/mol. The Hall–Kier alpha value is -4.67. The second-order valence-electron chi connectivity index (χ2n) is 6.78. The molecule has 0 aliphatic heterocycles. The number of nitrogens with one attached hydrogen (secondary N) is 1. The zero-order valence-electron chi connectivity index (χ0n) is 17.2. The third kappa shape index (κ3) is 5.53. The molecule has 0 aliphatic rings. The van der Waals surface area contributed by atoms with Crippen LogP contribution in [0.5, 0.6) is 5.75 Å². The van der Waals surface area contributed by atoms with Crippen LogP contribution in [0.1, 0.15) is 5.56 Å². The summed E-state index contributed by atoms with van der Waals surface area (Å²) in [6, 6.07) is 10.3. The van der Waals surface area contributed by atoms with Crippen molar-refractivity contribution >= 4 is 34.7 Å². The lowest BCUT2D eigenvalue weighted by Crippen LogP contribution is -2.44. The Balaban J connectivity index is 1.82. The van der Waals surface area contributed by atoms with E-state index in [1.54, 1.807) is 24.3 Å². The number of hydrogen-bond donors (Lipinski definition) is 2. The normalized spacial score (nSPS) is 11.4. The minimum atomic E-state index is -1.21. The van der Waals surface area contributed by atoms with E-state index in [0.717, 1.165) is 4.57 Å². The Labute approximate surface area is 187 Å². The molecule has 0 saturated carbocycles. The topological polar surface area (TPSA) is 150 Å². The summed E-state index contributed by atoms with van der Waals surface area (Å²) >= 11 is 0. The largest absolute Gasteiger partial charge is 0.464 e. The molecule has 3 rings (SSSR count). The van der Waals surface area contributed by atoms with Crippen molar-refractivity contribution in [3.05, 3.63) is 83.1 Å². The number of para-hydroxylation sites is 1.